The number of aliphatic hydroxyl groups is 1. The molecular formula is C4H10O5S. The average molecular weight is 170 g/mol. The van der Waals surface area contributed by atoms with Crippen molar-refractivity contribution < 1.29 is 22.3 Å². The third-order valence-electron chi connectivity index (χ3n) is 0.917. The molecule has 5 nitrogen and oxygen atoms in total. The predicted octanol–water partition coefficient (Wildman–Crippen LogP) is -0.423. The van der Waals surface area contributed by atoms with Crippen LogP contribution in [-0.4, -0.2) is 30.8 Å². The number of aliphatic hydroxyl groups excluding tert-OH is 1. The van der Waals surface area contributed by atoms with E-state index in [1.54, 1.807) is 6.92 Å². The minimum absolute atomic E-state index is 0.330. The van der Waals surface area contributed by atoms with Crippen LogP contribution >= 0.6 is 0 Å². The molecule has 0 aliphatic rings. The molecule has 1 unspecified atom stereocenters. The highest BCUT2D eigenvalue weighted by atomic mass is 32.3. The lowest BCUT2D eigenvalue weighted by Gasteiger charge is -2.08. The van der Waals surface area contributed by atoms with Crippen LogP contribution in [0.15, 0.2) is 0 Å². The van der Waals surface area contributed by atoms with Gasteiger partial charge in [-0.05, 0) is 6.42 Å². The third-order valence-corrected chi connectivity index (χ3v) is 1.43. The summed E-state index contributed by atoms with van der Waals surface area (Å²) in [5.74, 6) is 0. The maximum absolute atomic E-state index is 9.98. The Morgan fingerprint density at radius 2 is 2.10 bits per heavy atom. The van der Waals surface area contributed by atoms with Crippen LogP contribution in [0, 0.1) is 0 Å². The number of rotatable bonds is 4. The Bertz CT molecular complexity index is 168. The van der Waals surface area contributed by atoms with Crippen LogP contribution < -0.4 is 0 Å². The van der Waals surface area contributed by atoms with E-state index in [1.807, 2.05) is 0 Å². The lowest BCUT2D eigenvalue weighted by molar-refractivity contribution is 0.105. The summed E-state index contributed by atoms with van der Waals surface area (Å²) in [7, 11) is -4.41. The van der Waals surface area contributed by atoms with Crippen molar-refractivity contribution in [3.05, 3.63) is 0 Å². The Balaban J connectivity index is 3.87. The van der Waals surface area contributed by atoms with Gasteiger partial charge in [-0.15, -0.1) is 0 Å². The van der Waals surface area contributed by atoms with Crippen LogP contribution in [0.2, 0.25) is 0 Å². The smallest absolute Gasteiger partial charge is 0.394 e. The van der Waals surface area contributed by atoms with Crippen molar-refractivity contribution in [2.75, 3.05) is 6.61 Å². The van der Waals surface area contributed by atoms with Gasteiger partial charge < -0.3 is 5.11 Å². The lowest BCUT2D eigenvalue weighted by atomic mass is 10.3. The molecule has 1 atom stereocenters. The van der Waals surface area contributed by atoms with E-state index in [1.165, 1.54) is 0 Å². The van der Waals surface area contributed by atoms with Crippen LogP contribution in [0.3, 0.4) is 0 Å². The maximum Gasteiger partial charge on any atom is 0.397 e. The fourth-order valence-corrected chi connectivity index (χ4v) is 0.940. The standard InChI is InChI=1S/C4H10O5S/c1-2-4(3-5)9-10(6,7)8/h4-5H,2-3H2,1H3,(H,6,7,8). The Morgan fingerprint density at radius 3 is 2.20 bits per heavy atom. The SMILES string of the molecule is CCC(CO)OS(=O)(=O)O. The highest BCUT2D eigenvalue weighted by Gasteiger charge is 2.13. The van der Waals surface area contributed by atoms with Gasteiger partial charge in [-0.3, -0.25) is 4.55 Å². The van der Waals surface area contributed by atoms with Crippen molar-refractivity contribution in [2.45, 2.75) is 19.4 Å². The van der Waals surface area contributed by atoms with Crippen molar-refractivity contribution >= 4 is 10.4 Å². The minimum Gasteiger partial charge on any atom is -0.394 e. The molecule has 10 heavy (non-hydrogen) atoms. The first-order chi connectivity index (χ1) is 4.49. The van der Waals surface area contributed by atoms with Crippen molar-refractivity contribution in [2.24, 2.45) is 0 Å². The molecule has 0 aromatic heterocycles. The van der Waals surface area contributed by atoms with Gasteiger partial charge in [0.15, 0.2) is 0 Å². The molecule has 0 saturated heterocycles. The molecule has 0 bridgehead atoms. The van der Waals surface area contributed by atoms with Gasteiger partial charge in [-0.1, -0.05) is 6.92 Å². The van der Waals surface area contributed by atoms with Crippen molar-refractivity contribution in [3.63, 3.8) is 0 Å². The Morgan fingerprint density at radius 1 is 1.60 bits per heavy atom. The van der Waals surface area contributed by atoms with Gasteiger partial charge in [-0.2, -0.15) is 8.42 Å². The first-order valence-electron chi connectivity index (χ1n) is 2.76. The zero-order valence-electron chi connectivity index (χ0n) is 5.52. The second kappa shape index (κ2) is 3.87. The van der Waals surface area contributed by atoms with Gasteiger partial charge in [0.2, 0.25) is 0 Å². The van der Waals surface area contributed by atoms with Crippen molar-refractivity contribution in [3.8, 4) is 0 Å². The molecular weight excluding hydrogens is 160 g/mol. The van der Waals surface area contributed by atoms with E-state index in [4.69, 9.17) is 9.66 Å². The van der Waals surface area contributed by atoms with Gasteiger partial charge >= 0.3 is 10.4 Å². The highest BCUT2D eigenvalue weighted by molar-refractivity contribution is 7.80. The first kappa shape index (κ1) is 9.83. The van der Waals surface area contributed by atoms with Gasteiger partial charge in [0.25, 0.3) is 0 Å². The van der Waals surface area contributed by atoms with Crippen molar-refractivity contribution in [1.82, 2.24) is 0 Å². The Kier molecular flexibility index (Phi) is 3.80. The first-order valence-corrected chi connectivity index (χ1v) is 4.12. The van der Waals surface area contributed by atoms with Gasteiger partial charge in [-0.25, -0.2) is 4.18 Å². The fourth-order valence-electron chi connectivity index (χ4n) is 0.400. The van der Waals surface area contributed by atoms with Crippen LogP contribution in [0.4, 0.5) is 0 Å². The summed E-state index contributed by atoms with van der Waals surface area (Å²) < 4.78 is 32.1. The molecule has 0 aromatic carbocycles. The van der Waals surface area contributed by atoms with E-state index >= 15 is 0 Å². The zero-order chi connectivity index (χ0) is 8.20. The second-order valence-corrected chi connectivity index (χ2v) is 2.78. The topological polar surface area (TPSA) is 83.8 Å². The molecule has 6 heteroatoms. The van der Waals surface area contributed by atoms with Crippen LogP contribution in [0.5, 0.6) is 0 Å². The van der Waals surface area contributed by atoms with Crippen LogP contribution in [-0.2, 0) is 14.6 Å². The lowest BCUT2D eigenvalue weighted by Crippen LogP contribution is -2.20. The monoisotopic (exact) mass is 170 g/mol. The molecule has 2 N–H and O–H groups in total. The molecule has 0 rings (SSSR count). The normalized spacial score (nSPS) is 15.1. The molecule has 0 heterocycles. The molecule has 0 amide bonds. The summed E-state index contributed by atoms with van der Waals surface area (Å²) >= 11 is 0. The summed E-state index contributed by atoms with van der Waals surface area (Å²) in [4.78, 5) is 0. The van der Waals surface area contributed by atoms with Gasteiger partial charge in [0.05, 0.1) is 6.61 Å². The van der Waals surface area contributed by atoms with E-state index < -0.39 is 23.1 Å². The molecule has 62 valence electrons. The number of hydrogen-bond acceptors (Lipinski definition) is 4. The maximum atomic E-state index is 9.98. The fraction of sp³-hybridized carbons (Fsp3) is 1.00. The Labute approximate surface area is 59.6 Å². The van der Waals surface area contributed by atoms with E-state index in [0.29, 0.717) is 6.42 Å². The van der Waals surface area contributed by atoms with E-state index in [9.17, 15) is 8.42 Å². The molecule has 0 spiro atoms. The average Bonchev–Trinajstić information content (AvgIpc) is 1.81. The summed E-state index contributed by atoms with van der Waals surface area (Å²) in [6, 6.07) is 0. The molecule has 0 aromatic rings. The summed E-state index contributed by atoms with van der Waals surface area (Å²) in [6.07, 6.45) is -0.508. The van der Waals surface area contributed by atoms with Gasteiger partial charge in [0.1, 0.15) is 6.10 Å². The minimum atomic E-state index is -4.41. The quantitative estimate of drug-likeness (QED) is 0.559. The zero-order valence-corrected chi connectivity index (χ0v) is 6.34. The predicted molar refractivity (Wildman–Crippen MR) is 33.8 cm³/mol. The molecule has 0 aliphatic carbocycles. The summed E-state index contributed by atoms with van der Waals surface area (Å²) in [6.45, 7) is 1.21. The Hall–Kier alpha value is -0.170. The van der Waals surface area contributed by atoms with Crippen LogP contribution in [0.25, 0.3) is 0 Å². The van der Waals surface area contributed by atoms with Crippen molar-refractivity contribution in [1.29, 1.82) is 0 Å². The van der Waals surface area contributed by atoms with E-state index in [-0.39, 0.29) is 0 Å². The largest absolute Gasteiger partial charge is 0.397 e. The molecule has 0 saturated carbocycles. The highest BCUT2D eigenvalue weighted by Crippen LogP contribution is 1.99. The second-order valence-electron chi connectivity index (χ2n) is 1.74. The molecule has 0 fully saturated rings. The van der Waals surface area contributed by atoms with E-state index in [0.717, 1.165) is 0 Å². The molecule has 0 aliphatic heterocycles. The van der Waals surface area contributed by atoms with E-state index in [2.05, 4.69) is 4.18 Å². The summed E-state index contributed by atoms with van der Waals surface area (Å²) in [5.41, 5.74) is 0. The molecule has 0 radical (unpaired) electrons. The van der Waals surface area contributed by atoms with Crippen LogP contribution in [0.1, 0.15) is 13.3 Å². The third kappa shape index (κ3) is 4.68. The summed E-state index contributed by atoms with van der Waals surface area (Å²) in [5, 5.41) is 8.39. The number of hydrogen-bond donors (Lipinski definition) is 2. The van der Waals surface area contributed by atoms with Gasteiger partial charge in [0, 0.05) is 0 Å².